The van der Waals surface area contributed by atoms with E-state index in [0.29, 0.717) is 26.3 Å². The van der Waals surface area contributed by atoms with E-state index in [-0.39, 0.29) is 17.9 Å². The third kappa shape index (κ3) is 4.41. The maximum Gasteiger partial charge on any atom is 0.253 e. The molecule has 1 aromatic carbocycles. The molecule has 1 atom stereocenters. The number of anilines is 2. The van der Waals surface area contributed by atoms with Gasteiger partial charge in [0.25, 0.3) is 10.9 Å². The molecule has 0 bridgehead atoms. The number of aromatic nitrogens is 1. The summed E-state index contributed by atoms with van der Waals surface area (Å²) in [6, 6.07) is 5.49. The number of β-amino-alcohol motifs (C(OH)–C–C–N with tert-alkyl or cyclic N) is 1. The minimum absolute atomic E-state index is 0.209. The molecule has 1 saturated heterocycles. The molecule has 0 amide bonds. The van der Waals surface area contributed by atoms with Gasteiger partial charge in [-0.15, -0.1) is 0 Å². The van der Waals surface area contributed by atoms with Crippen LogP contribution in [-0.2, 0) is 11.3 Å². The van der Waals surface area contributed by atoms with Crippen LogP contribution in [0.2, 0.25) is 0 Å². The van der Waals surface area contributed by atoms with Gasteiger partial charge in [-0.2, -0.15) is 0 Å². The van der Waals surface area contributed by atoms with Crippen molar-refractivity contribution < 1.29 is 9.84 Å². The van der Waals surface area contributed by atoms with Crippen molar-refractivity contribution in [2.45, 2.75) is 12.6 Å². The maximum absolute atomic E-state index is 11.8. The van der Waals surface area contributed by atoms with Crippen LogP contribution in [0.3, 0.4) is 0 Å². The van der Waals surface area contributed by atoms with Gasteiger partial charge in [0.1, 0.15) is 11.4 Å². The van der Waals surface area contributed by atoms with E-state index in [9.17, 15) is 14.7 Å². The summed E-state index contributed by atoms with van der Waals surface area (Å²) in [5.41, 5.74) is 0.174. The number of aliphatic hydroxyl groups excluding tert-OH is 1. The van der Waals surface area contributed by atoms with Crippen LogP contribution >= 0.6 is 0 Å². The van der Waals surface area contributed by atoms with Crippen LogP contribution in [0.25, 0.3) is 0 Å². The van der Waals surface area contributed by atoms with Crippen molar-refractivity contribution in [3.8, 4) is 0 Å². The van der Waals surface area contributed by atoms with E-state index in [1.807, 2.05) is 18.2 Å². The quantitative estimate of drug-likeness (QED) is 0.544. The molecule has 2 aromatic rings. The highest BCUT2D eigenvalue weighted by molar-refractivity contribution is 5.73. The van der Waals surface area contributed by atoms with E-state index in [1.54, 1.807) is 6.20 Å². The molecule has 1 aliphatic heterocycles. The second-order valence-electron chi connectivity index (χ2n) is 6.03. The minimum atomic E-state index is -0.633. The fraction of sp³-hybridized carbons (Fsp3) is 0.471. The summed E-state index contributed by atoms with van der Waals surface area (Å²) in [6.07, 6.45) is 1.03. The molecule has 8 heteroatoms. The van der Waals surface area contributed by atoms with Crippen LogP contribution in [0.5, 0.6) is 0 Å². The van der Waals surface area contributed by atoms with Gasteiger partial charge in [0, 0.05) is 32.4 Å². The number of rotatable bonds is 8. The van der Waals surface area contributed by atoms with Crippen molar-refractivity contribution in [1.29, 1.82) is 0 Å². The van der Waals surface area contributed by atoms with Gasteiger partial charge in [-0.3, -0.25) is 19.5 Å². The summed E-state index contributed by atoms with van der Waals surface area (Å²) in [5, 5.41) is 16.0. The molecule has 0 radical (unpaired) electrons. The topological polar surface area (TPSA) is 104 Å². The standard InChI is InChI=1S/C17H22N4O4/c22-13(11-21-5-7-25-8-6-21)10-20-15-14(16(23)17(15)24)19-9-12-3-1-2-4-18-12/h1-4,13,19-20,22H,5-11H2/t13-/m1/s1. The van der Waals surface area contributed by atoms with Gasteiger partial charge >= 0.3 is 0 Å². The Morgan fingerprint density at radius 1 is 1.16 bits per heavy atom. The first-order valence-electron chi connectivity index (χ1n) is 8.34. The van der Waals surface area contributed by atoms with E-state index in [0.717, 1.165) is 18.8 Å². The van der Waals surface area contributed by atoms with Gasteiger partial charge in [-0.1, -0.05) is 6.07 Å². The fourth-order valence-corrected chi connectivity index (χ4v) is 2.78. The largest absolute Gasteiger partial charge is 0.390 e. The number of ether oxygens (including phenoxy) is 1. The number of nitrogens with zero attached hydrogens (tertiary/aromatic N) is 2. The summed E-state index contributed by atoms with van der Waals surface area (Å²) in [4.78, 5) is 29.8. The van der Waals surface area contributed by atoms with Crippen LogP contribution in [0.4, 0.5) is 11.4 Å². The van der Waals surface area contributed by atoms with Crippen molar-refractivity contribution in [2.24, 2.45) is 0 Å². The Hall–Kier alpha value is -2.29. The van der Waals surface area contributed by atoms with Crippen molar-refractivity contribution in [3.05, 3.63) is 50.5 Å². The van der Waals surface area contributed by atoms with Gasteiger partial charge in [-0.05, 0) is 12.1 Å². The minimum Gasteiger partial charge on any atom is -0.390 e. The van der Waals surface area contributed by atoms with Crippen LogP contribution in [0.15, 0.2) is 34.0 Å². The smallest absolute Gasteiger partial charge is 0.253 e. The molecular weight excluding hydrogens is 324 g/mol. The molecule has 0 unspecified atom stereocenters. The summed E-state index contributed by atoms with van der Waals surface area (Å²) < 4.78 is 5.27. The van der Waals surface area contributed by atoms with Crippen LogP contribution in [0, 0.1) is 0 Å². The van der Waals surface area contributed by atoms with E-state index in [4.69, 9.17) is 4.74 Å². The van der Waals surface area contributed by atoms with Crippen LogP contribution in [0.1, 0.15) is 5.69 Å². The van der Waals surface area contributed by atoms with Crippen molar-refractivity contribution in [1.82, 2.24) is 9.88 Å². The monoisotopic (exact) mass is 346 g/mol. The number of hydrogen-bond donors (Lipinski definition) is 3. The highest BCUT2D eigenvalue weighted by atomic mass is 16.5. The highest BCUT2D eigenvalue weighted by Crippen LogP contribution is 2.15. The van der Waals surface area contributed by atoms with Crippen LogP contribution < -0.4 is 21.5 Å². The lowest BCUT2D eigenvalue weighted by atomic mass is 10.1. The third-order valence-electron chi connectivity index (χ3n) is 4.17. The third-order valence-corrected chi connectivity index (χ3v) is 4.17. The Morgan fingerprint density at radius 2 is 1.88 bits per heavy atom. The first-order valence-corrected chi connectivity index (χ1v) is 8.34. The normalized spacial score (nSPS) is 16.7. The molecule has 1 aliphatic rings. The molecule has 0 saturated carbocycles. The molecule has 3 N–H and O–H groups in total. The first-order chi connectivity index (χ1) is 12.1. The summed E-state index contributed by atoms with van der Waals surface area (Å²) in [6.45, 7) is 3.97. The lowest BCUT2D eigenvalue weighted by Crippen LogP contribution is -2.44. The van der Waals surface area contributed by atoms with Crippen LogP contribution in [-0.4, -0.2) is 60.5 Å². The molecule has 0 spiro atoms. The first kappa shape index (κ1) is 17.5. The molecular formula is C17H22N4O4. The zero-order valence-corrected chi connectivity index (χ0v) is 13.9. The molecule has 134 valence electrons. The molecule has 8 nitrogen and oxygen atoms in total. The zero-order chi connectivity index (χ0) is 17.6. The average Bonchev–Trinajstić information content (AvgIpc) is 2.65. The molecule has 1 aromatic heterocycles. The Kier molecular flexibility index (Phi) is 5.75. The van der Waals surface area contributed by atoms with Gasteiger partial charge in [-0.25, -0.2) is 0 Å². The number of nitrogens with one attached hydrogen (secondary N) is 2. The van der Waals surface area contributed by atoms with E-state index < -0.39 is 17.0 Å². The Morgan fingerprint density at radius 3 is 2.56 bits per heavy atom. The molecule has 3 rings (SSSR count). The average molecular weight is 346 g/mol. The number of morpholine rings is 1. The van der Waals surface area contributed by atoms with Gasteiger partial charge in [0.2, 0.25) is 0 Å². The maximum atomic E-state index is 11.8. The van der Waals surface area contributed by atoms with E-state index >= 15 is 0 Å². The fourth-order valence-electron chi connectivity index (χ4n) is 2.78. The van der Waals surface area contributed by atoms with Crippen molar-refractivity contribution >= 4 is 11.4 Å². The summed E-state index contributed by atoms with van der Waals surface area (Å²) in [5.74, 6) is 0. The second kappa shape index (κ2) is 8.19. The Balaban J connectivity index is 1.51. The van der Waals surface area contributed by atoms with Gasteiger partial charge < -0.3 is 20.5 Å². The van der Waals surface area contributed by atoms with E-state index in [2.05, 4.69) is 20.5 Å². The SMILES string of the molecule is O=c1c(NCc2ccccn2)c(NC[C@@H](O)CN2CCOCC2)c1=O. The molecule has 0 aliphatic carbocycles. The number of aliphatic hydroxyl groups is 1. The molecule has 1 fully saturated rings. The lowest BCUT2D eigenvalue weighted by Gasteiger charge is -2.28. The number of hydrogen-bond acceptors (Lipinski definition) is 8. The van der Waals surface area contributed by atoms with Crippen molar-refractivity contribution in [2.75, 3.05) is 50.0 Å². The lowest BCUT2D eigenvalue weighted by molar-refractivity contribution is 0.0171. The summed E-state index contributed by atoms with van der Waals surface area (Å²) in [7, 11) is 0. The number of pyridine rings is 1. The Labute approximate surface area is 145 Å². The zero-order valence-electron chi connectivity index (χ0n) is 13.9. The molecule has 25 heavy (non-hydrogen) atoms. The van der Waals surface area contributed by atoms with Gasteiger partial charge in [0.15, 0.2) is 0 Å². The molecule has 2 heterocycles. The van der Waals surface area contributed by atoms with E-state index in [1.165, 1.54) is 0 Å². The predicted molar refractivity (Wildman–Crippen MR) is 94.7 cm³/mol. The summed E-state index contributed by atoms with van der Waals surface area (Å²) >= 11 is 0. The second-order valence-corrected chi connectivity index (χ2v) is 6.03. The highest BCUT2D eigenvalue weighted by Gasteiger charge is 2.22. The predicted octanol–water partition coefficient (Wildman–Crippen LogP) is -0.605. The van der Waals surface area contributed by atoms with Gasteiger partial charge in [0.05, 0.1) is 31.6 Å². The Bertz CT molecular complexity index is 752. The van der Waals surface area contributed by atoms with Crippen molar-refractivity contribution in [3.63, 3.8) is 0 Å².